The molecule has 0 saturated heterocycles. The Labute approximate surface area is 216 Å². The fourth-order valence-electron chi connectivity index (χ4n) is 3.26. The van der Waals surface area contributed by atoms with Gasteiger partial charge in [-0.2, -0.15) is 0 Å². The molecule has 0 aliphatic carbocycles. The van der Waals surface area contributed by atoms with Crippen molar-refractivity contribution in [3.8, 4) is 0 Å². The lowest BCUT2D eigenvalue weighted by atomic mass is 10.1. The van der Waals surface area contributed by atoms with Crippen molar-refractivity contribution < 1.29 is 33.8 Å². The third kappa shape index (κ3) is 6.41. The number of carbonyl (C=O) groups excluding carboxylic acids is 3. The molecule has 10 heteroatoms. The molecule has 0 aliphatic rings. The van der Waals surface area contributed by atoms with E-state index in [9.17, 15) is 24.3 Å². The molecule has 36 heavy (non-hydrogen) atoms. The number of carbonyl (C=O) groups is 4. The summed E-state index contributed by atoms with van der Waals surface area (Å²) in [5.74, 6) is -4.95. The Morgan fingerprint density at radius 1 is 0.778 bits per heavy atom. The molecule has 0 saturated carbocycles. The van der Waals surface area contributed by atoms with Crippen molar-refractivity contribution in [2.75, 3.05) is 5.32 Å². The second-order valence-electron chi connectivity index (χ2n) is 7.76. The number of carboxylic acids is 1. The fraction of sp³-hybridized carbons (Fsp3) is 0.154. The second kappa shape index (κ2) is 11.7. The number of amides is 1. The number of anilines is 1. The van der Waals surface area contributed by atoms with Gasteiger partial charge in [-0.1, -0.05) is 65.2 Å². The molecular formula is C26H21Cl2NO7. The first kappa shape index (κ1) is 26.7. The first-order chi connectivity index (χ1) is 17.1. The maximum Gasteiger partial charge on any atom is 0.349 e. The number of hydrogen-bond acceptors (Lipinski definition) is 6. The van der Waals surface area contributed by atoms with Gasteiger partial charge in [-0.3, -0.25) is 4.79 Å². The Morgan fingerprint density at radius 3 is 1.75 bits per heavy atom. The van der Waals surface area contributed by atoms with Crippen LogP contribution in [-0.4, -0.2) is 41.1 Å². The van der Waals surface area contributed by atoms with Gasteiger partial charge in [0.1, 0.15) is 0 Å². The number of halogens is 2. The van der Waals surface area contributed by atoms with Crippen LogP contribution in [0, 0.1) is 13.8 Å². The Kier molecular flexibility index (Phi) is 8.68. The summed E-state index contributed by atoms with van der Waals surface area (Å²) >= 11 is 12.1. The maximum atomic E-state index is 13.2. The highest BCUT2D eigenvalue weighted by molar-refractivity contribution is 6.34. The Balaban J connectivity index is 1.96. The van der Waals surface area contributed by atoms with E-state index < -0.39 is 36.0 Å². The number of ether oxygens (including phenoxy) is 2. The van der Waals surface area contributed by atoms with Crippen LogP contribution < -0.4 is 5.32 Å². The summed E-state index contributed by atoms with van der Waals surface area (Å²) in [6.45, 7) is 3.60. The second-order valence-corrected chi connectivity index (χ2v) is 8.57. The molecule has 3 aromatic carbocycles. The SMILES string of the molecule is Cc1ccc(NC(=O)[C@H](OC(=O)c2ccccc2Cl)[C@@H](OC(=O)c2ccccc2Cl)C(=O)O)c(C)c1. The summed E-state index contributed by atoms with van der Waals surface area (Å²) in [6.07, 6.45) is -4.27. The van der Waals surface area contributed by atoms with E-state index in [1.807, 2.05) is 6.92 Å². The summed E-state index contributed by atoms with van der Waals surface area (Å²) in [4.78, 5) is 50.9. The smallest absolute Gasteiger partial charge is 0.349 e. The molecule has 0 heterocycles. The van der Waals surface area contributed by atoms with E-state index in [0.717, 1.165) is 5.56 Å². The molecule has 3 rings (SSSR count). The van der Waals surface area contributed by atoms with Crippen molar-refractivity contribution in [3.05, 3.63) is 99.0 Å². The molecule has 0 aromatic heterocycles. The van der Waals surface area contributed by atoms with Crippen LogP contribution in [0.25, 0.3) is 0 Å². The van der Waals surface area contributed by atoms with E-state index in [1.165, 1.54) is 36.4 Å². The summed E-state index contributed by atoms with van der Waals surface area (Å²) in [5, 5.41) is 12.4. The largest absolute Gasteiger partial charge is 0.478 e. The van der Waals surface area contributed by atoms with E-state index in [1.54, 1.807) is 37.3 Å². The van der Waals surface area contributed by atoms with Crippen LogP contribution in [0.3, 0.4) is 0 Å². The number of rotatable bonds is 8. The lowest BCUT2D eigenvalue weighted by molar-refractivity contribution is -0.157. The van der Waals surface area contributed by atoms with E-state index in [-0.39, 0.29) is 21.2 Å². The highest BCUT2D eigenvalue weighted by atomic mass is 35.5. The molecule has 2 N–H and O–H groups in total. The molecule has 8 nitrogen and oxygen atoms in total. The molecular weight excluding hydrogens is 509 g/mol. The van der Waals surface area contributed by atoms with Crippen LogP contribution in [0.5, 0.6) is 0 Å². The number of aliphatic carboxylic acids is 1. The van der Waals surface area contributed by atoms with Crippen LogP contribution in [0.2, 0.25) is 10.0 Å². The maximum absolute atomic E-state index is 13.2. The third-order valence-electron chi connectivity index (χ3n) is 5.07. The van der Waals surface area contributed by atoms with E-state index in [0.29, 0.717) is 11.3 Å². The van der Waals surface area contributed by atoms with Crippen LogP contribution in [0.4, 0.5) is 5.69 Å². The molecule has 0 radical (unpaired) electrons. The summed E-state index contributed by atoms with van der Waals surface area (Å²) < 4.78 is 10.4. The number of hydrogen-bond donors (Lipinski definition) is 2. The van der Waals surface area contributed by atoms with Crippen molar-refractivity contribution >= 4 is 52.7 Å². The molecule has 0 bridgehead atoms. The molecule has 1 amide bonds. The van der Waals surface area contributed by atoms with Gasteiger partial charge in [-0.05, 0) is 49.7 Å². The van der Waals surface area contributed by atoms with Gasteiger partial charge < -0.3 is 19.9 Å². The number of benzene rings is 3. The topological polar surface area (TPSA) is 119 Å². The zero-order valence-electron chi connectivity index (χ0n) is 19.2. The number of esters is 2. The third-order valence-corrected chi connectivity index (χ3v) is 5.73. The van der Waals surface area contributed by atoms with Gasteiger partial charge >= 0.3 is 17.9 Å². The number of carboxylic acid groups (broad SMARTS) is 1. The average molecular weight is 530 g/mol. The Hall–Kier alpha value is -3.88. The van der Waals surface area contributed by atoms with Gasteiger partial charge in [0.25, 0.3) is 5.91 Å². The molecule has 0 spiro atoms. The highest BCUT2D eigenvalue weighted by Crippen LogP contribution is 2.22. The first-order valence-corrected chi connectivity index (χ1v) is 11.4. The van der Waals surface area contributed by atoms with Gasteiger partial charge in [0, 0.05) is 5.69 Å². The quantitative estimate of drug-likeness (QED) is 0.390. The zero-order chi connectivity index (χ0) is 26.4. The van der Waals surface area contributed by atoms with Gasteiger partial charge in [-0.15, -0.1) is 0 Å². The van der Waals surface area contributed by atoms with Gasteiger partial charge in [0.05, 0.1) is 21.2 Å². The predicted molar refractivity (Wildman–Crippen MR) is 133 cm³/mol. The van der Waals surface area contributed by atoms with Crippen molar-refractivity contribution in [2.45, 2.75) is 26.1 Å². The van der Waals surface area contributed by atoms with Gasteiger partial charge in [-0.25, -0.2) is 14.4 Å². The normalized spacial score (nSPS) is 12.2. The molecule has 0 unspecified atom stereocenters. The van der Waals surface area contributed by atoms with E-state index in [4.69, 9.17) is 32.7 Å². The minimum absolute atomic E-state index is 0.0102. The van der Waals surface area contributed by atoms with Crippen LogP contribution in [-0.2, 0) is 19.1 Å². The molecule has 2 atom stereocenters. The minimum atomic E-state index is -2.20. The standard InChI is InChI=1S/C26H21Cl2NO7/c1-14-11-12-20(15(2)13-14)29-23(30)21(35-25(33)16-7-3-5-9-18(16)27)22(24(31)32)36-26(34)17-8-4-6-10-19(17)28/h3-13,21-22H,1-2H3,(H,29,30)(H,31,32)/t21-,22-/m1/s1. The van der Waals surface area contributed by atoms with Crippen molar-refractivity contribution in [2.24, 2.45) is 0 Å². The Bertz CT molecular complexity index is 1330. The number of nitrogens with one attached hydrogen (secondary N) is 1. The van der Waals surface area contributed by atoms with E-state index >= 15 is 0 Å². The monoisotopic (exact) mass is 529 g/mol. The predicted octanol–water partition coefficient (Wildman–Crippen LogP) is 5.08. The zero-order valence-corrected chi connectivity index (χ0v) is 20.7. The molecule has 3 aromatic rings. The van der Waals surface area contributed by atoms with Gasteiger partial charge in [0.15, 0.2) is 0 Å². The lowest BCUT2D eigenvalue weighted by Crippen LogP contribution is -2.48. The van der Waals surface area contributed by atoms with Crippen molar-refractivity contribution in [1.82, 2.24) is 0 Å². The van der Waals surface area contributed by atoms with Crippen molar-refractivity contribution in [1.29, 1.82) is 0 Å². The highest BCUT2D eigenvalue weighted by Gasteiger charge is 2.41. The number of aryl methyl sites for hydroxylation is 2. The first-order valence-electron chi connectivity index (χ1n) is 10.6. The molecule has 0 aliphatic heterocycles. The van der Waals surface area contributed by atoms with Crippen LogP contribution in [0.15, 0.2) is 66.7 Å². The molecule has 186 valence electrons. The van der Waals surface area contributed by atoms with E-state index in [2.05, 4.69) is 5.32 Å². The van der Waals surface area contributed by atoms with Crippen molar-refractivity contribution in [3.63, 3.8) is 0 Å². The summed E-state index contributed by atoms with van der Waals surface area (Å²) in [7, 11) is 0. The minimum Gasteiger partial charge on any atom is -0.478 e. The van der Waals surface area contributed by atoms with Crippen LogP contribution in [0.1, 0.15) is 31.8 Å². The average Bonchev–Trinajstić information content (AvgIpc) is 2.83. The van der Waals surface area contributed by atoms with Gasteiger partial charge in [0.2, 0.25) is 12.2 Å². The molecule has 0 fully saturated rings. The fourth-order valence-corrected chi connectivity index (χ4v) is 3.69. The lowest BCUT2D eigenvalue weighted by Gasteiger charge is -2.24. The summed E-state index contributed by atoms with van der Waals surface area (Å²) in [5.41, 5.74) is 1.73. The Morgan fingerprint density at radius 2 is 1.28 bits per heavy atom. The summed E-state index contributed by atoms with van der Waals surface area (Å²) in [6, 6.07) is 16.8. The van der Waals surface area contributed by atoms with Crippen LogP contribution >= 0.6 is 23.2 Å².